The lowest BCUT2D eigenvalue weighted by molar-refractivity contribution is 0.0899. The van der Waals surface area contributed by atoms with Gasteiger partial charge in [-0.25, -0.2) is 0 Å². The van der Waals surface area contributed by atoms with Crippen molar-refractivity contribution in [2.45, 2.75) is 32.9 Å². The SMILES string of the molecule is CC1(C)CN(Cc2ccc(Cl)cc2)CCC1N.Cl. The zero-order valence-corrected chi connectivity index (χ0v) is 12.6. The fourth-order valence-electron chi connectivity index (χ4n) is 2.47. The summed E-state index contributed by atoms with van der Waals surface area (Å²) in [5.41, 5.74) is 7.68. The largest absolute Gasteiger partial charge is 0.327 e. The summed E-state index contributed by atoms with van der Waals surface area (Å²) in [6.45, 7) is 7.66. The highest BCUT2D eigenvalue weighted by molar-refractivity contribution is 6.30. The molecule has 1 aromatic carbocycles. The van der Waals surface area contributed by atoms with E-state index in [0.29, 0.717) is 6.04 Å². The van der Waals surface area contributed by atoms with E-state index >= 15 is 0 Å². The number of nitrogens with two attached hydrogens (primary N) is 1. The Balaban J connectivity index is 0.00000162. The molecule has 0 bridgehead atoms. The minimum absolute atomic E-state index is 0. The highest BCUT2D eigenvalue weighted by Crippen LogP contribution is 2.28. The van der Waals surface area contributed by atoms with Crippen molar-refractivity contribution < 1.29 is 0 Å². The Bertz CT molecular complexity index is 376. The molecule has 0 spiro atoms. The first-order valence-corrected chi connectivity index (χ1v) is 6.57. The molecular weight excluding hydrogens is 267 g/mol. The zero-order valence-electron chi connectivity index (χ0n) is 11.0. The molecular formula is C14H22Cl2N2. The molecule has 1 fully saturated rings. The molecule has 1 aromatic rings. The Labute approximate surface area is 121 Å². The number of likely N-dealkylation sites (tertiary alicyclic amines) is 1. The van der Waals surface area contributed by atoms with Crippen LogP contribution in [0.4, 0.5) is 0 Å². The molecule has 0 radical (unpaired) electrons. The average Bonchev–Trinajstić information content (AvgIpc) is 2.26. The quantitative estimate of drug-likeness (QED) is 0.905. The van der Waals surface area contributed by atoms with Gasteiger partial charge in [0.05, 0.1) is 0 Å². The summed E-state index contributed by atoms with van der Waals surface area (Å²) in [6, 6.07) is 8.44. The average molecular weight is 289 g/mol. The van der Waals surface area contributed by atoms with Gasteiger partial charge in [0.1, 0.15) is 0 Å². The smallest absolute Gasteiger partial charge is 0.0406 e. The van der Waals surface area contributed by atoms with Gasteiger partial charge in [0, 0.05) is 30.7 Å². The molecule has 1 aliphatic heterocycles. The summed E-state index contributed by atoms with van der Waals surface area (Å²) in [7, 11) is 0. The maximum Gasteiger partial charge on any atom is 0.0406 e. The van der Waals surface area contributed by atoms with Crippen molar-refractivity contribution in [1.29, 1.82) is 0 Å². The van der Waals surface area contributed by atoms with Crippen LogP contribution in [0, 0.1) is 5.41 Å². The molecule has 2 nitrogen and oxygen atoms in total. The number of hydrogen-bond donors (Lipinski definition) is 1. The maximum atomic E-state index is 6.14. The van der Waals surface area contributed by atoms with E-state index in [9.17, 15) is 0 Å². The number of hydrogen-bond acceptors (Lipinski definition) is 2. The molecule has 1 atom stereocenters. The van der Waals surface area contributed by atoms with Gasteiger partial charge in [-0.15, -0.1) is 12.4 Å². The predicted molar refractivity (Wildman–Crippen MR) is 80.4 cm³/mol. The van der Waals surface area contributed by atoms with Crippen LogP contribution in [-0.4, -0.2) is 24.0 Å². The predicted octanol–water partition coefficient (Wildman–Crippen LogP) is 3.32. The second-order valence-electron chi connectivity index (χ2n) is 5.72. The van der Waals surface area contributed by atoms with Gasteiger partial charge in [0.25, 0.3) is 0 Å². The molecule has 2 rings (SSSR count). The van der Waals surface area contributed by atoms with Crippen molar-refractivity contribution in [2.24, 2.45) is 11.1 Å². The van der Waals surface area contributed by atoms with Crippen LogP contribution in [-0.2, 0) is 6.54 Å². The van der Waals surface area contributed by atoms with Crippen LogP contribution in [0.5, 0.6) is 0 Å². The van der Waals surface area contributed by atoms with Crippen molar-refractivity contribution in [3.05, 3.63) is 34.9 Å². The molecule has 0 amide bonds. The molecule has 102 valence electrons. The van der Waals surface area contributed by atoms with E-state index in [1.807, 2.05) is 12.1 Å². The van der Waals surface area contributed by atoms with Crippen LogP contribution in [0.1, 0.15) is 25.8 Å². The van der Waals surface area contributed by atoms with Crippen molar-refractivity contribution in [3.63, 3.8) is 0 Å². The lowest BCUT2D eigenvalue weighted by Crippen LogP contribution is -2.52. The standard InChI is InChI=1S/C14H21ClN2.ClH/c1-14(2)10-17(8-7-13(14)16)9-11-3-5-12(15)6-4-11;/h3-6,13H,7-10,16H2,1-2H3;1H. The third-order valence-corrected chi connectivity index (χ3v) is 3.96. The normalized spacial score (nSPS) is 23.4. The lowest BCUT2D eigenvalue weighted by atomic mass is 9.79. The Kier molecular flexibility index (Phi) is 5.47. The monoisotopic (exact) mass is 288 g/mol. The van der Waals surface area contributed by atoms with Crippen LogP contribution in [0.15, 0.2) is 24.3 Å². The Morgan fingerprint density at radius 1 is 1.33 bits per heavy atom. The number of nitrogens with zero attached hydrogens (tertiary/aromatic N) is 1. The van der Waals surface area contributed by atoms with E-state index in [0.717, 1.165) is 31.1 Å². The van der Waals surface area contributed by atoms with Gasteiger partial charge in [-0.2, -0.15) is 0 Å². The molecule has 1 unspecified atom stereocenters. The first-order valence-electron chi connectivity index (χ1n) is 6.20. The molecule has 4 heteroatoms. The summed E-state index contributed by atoms with van der Waals surface area (Å²) in [6.07, 6.45) is 1.08. The number of benzene rings is 1. The van der Waals surface area contributed by atoms with Crippen LogP contribution < -0.4 is 5.73 Å². The zero-order chi connectivity index (χ0) is 12.5. The Morgan fingerprint density at radius 3 is 2.50 bits per heavy atom. The van der Waals surface area contributed by atoms with Crippen LogP contribution in [0.2, 0.25) is 5.02 Å². The molecule has 1 aliphatic rings. The van der Waals surface area contributed by atoms with E-state index in [-0.39, 0.29) is 17.8 Å². The number of piperidine rings is 1. The topological polar surface area (TPSA) is 29.3 Å². The highest BCUT2D eigenvalue weighted by Gasteiger charge is 2.33. The van der Waals surface area contributed by atoms with Crippen LogP contribution in [0.3, 0.4) is 0 Å². The first kappa shape index (κ1) is 15.8. The van der Waals surface area contributed by atoms with Crippen LogP contribution >= 0.6 is 24.0 Å². The van der Waals surface area contributed by atoms with Gasteiger partial charge >= 0.3 is 0 Å². The van der Waals surface area contributed by atoms with Crippen molar-refractivity contribution >= 4 is 24.0 Å². The van der Waals surface area contributed by atoms with Crippen LogP contribution in [0.25, 0.3) is 0 Å². The summed E-state index contributed by atoms with van der Waals surface area (Å²) in [5, 5.41) is 0.801. The summed E-state index contributed by atoms with van der Waals surface area (Å²) >= 11 is 5.89. The molecule has 0 aliphatic carbocycles. The Morgan fingerprint density at radius 2 is 1.94 bits per heavy atom. The van der Waals surface area contributed by atoms with Gasteiger partial charge in [-0.3, -0.25) is 4.90 Å². The molecule has 1 saturated heterocycles. The molecule has 2 N–H and O–H groups in total. The van der Waals surface area contributed by atoms with Gasteiger partial charge in [-0.05, 0) is 29.5 Å². The van der Waals surface area contributed by atoms with E-state index < -0.39 is 0 Å². The van der Waals surface area contributed by atoms with Crippen molar-refractivity contribution in [1.82, 2.24) is 4.90 Å². The van der Waals surface area contributed by atoms with Gasteiger partial charge in [-0.1, -0.05) is 37.6 Å². The van der Waals surface area contributed by atoms with E-state index in [1.54, 1.807) is 0 Å². The fourth-order valence-corrected chi connectivity index (χ4v) is 2.59. The minimum atomic E-state index is 0. The second-order valence-corrected chi connectivity index (χ2v) is 6.16. The first-order chi connectivity index (χ1) is 7.97. The third kappa shape index (κ3) is 3.86. The molecule has 1 heterocycles. The van der Waals surface area contributed by atoms with E-state index in [4.69, 9.17) is 17.3 Å². The van der Waals surface area contributed by atoms with Crippen molar-refractivity contribution in [2.75, 3.05) is 13.1 Å². The van der Waals surface area contributed by atoms with E-state index in [1.165, 1.54) is 5.56 Å². The molecule has 0 aromatic heterocycles. The second kappa shape index (κ2) is 6.25. The summed E-state index contributed by atoms with van der Waals surface area (Å²) < 4.78 is 0. The number of halogens is 2. The maximum absolute atomic E-state index is 6.14. The fraction of sp³-hybridized carbons (Fsp3) is 0.571. The minimum Gasteiger partial charge on any atom is -0.327 e. The van der Waals surface area contributed by atoms with Gasteiger partial charge < -0.3 is 5.73 Å². The van der Waals surface area contributed by atoms with E-state index in [2.05, 4.69) is 30.9 Å². The number of rotatable bonds is 2. The van der Waals surface area contributed by atoms with Gasteiger partial charge in [0.15, 0.2) is 0 Å². The summed E-state index contributed by atoms with van der Waals surface area (Å²) in [4.78, 5) is 2.48. The summed E-state index contributed by atoms with van der Waals surface area (Å²) in [5.74, 6) is 0. The van der Waals surface area contributed by atoms with Gasteiger partial charge in [0.2, 0.25) is 0 Å². The third-order valence-electron chi connectivity index (χ3n) is 3.71. The highest BCUT2D eigenvalue weighted by atomic mass is 35.5. The molecule has 0 saturated carbocycles. The molecule has 18 heavy (non-hydrogen) atoms. The van der Waals surface area contributed by atoms with Crippen molar-refractivity contribution in [3.8, 4) is 0 Å². The Hall–Kier alpha value is -0.280. The lowest BCUT2D eigenvalue weighted by Gasteiger charge is -2.42.